The highest BCUT2D eigenvalue weighted by Crippen LogP contribution is 2.21. The Bertz CT molecular complexity index is 549. The molecular weight excluding hydrogens is 228 g/mol. The second-order valence-electron chi connectivity index (χ2n) is 3.43. The van der Waals surface area contributed by atoms with E-state index in [-0.39, 0.29) is 5.56 Å². The summed E-state index contributed by atoms with van der Waals surface area (Å²) in [5.74, 6) is -1.01. The smallest absolute Gasteiger partial charge is 0.338 e. The van der Waals surface area contributed by atoms with Crippen molar-refractivity contribution in [3.63, 3.8) is 0 Å². The molecule has 2 rings (SSSR count). The van der Waals surface area contributed by atoms with Gasteiger partial charge in [0.05, 0.1) is 22.5 Å². The van der Waals surface area contributed by atoms with E-state index in [2.05, 4.69) is 5.10 Å². The molecule has 0 aliphatic heterocycles. The van der Waals surface area contributed by atoms with E-state index in [1.807, 2.05) is 13.0 Å². The number of nitrogens with zero attached hydrogens (tertiary/aromatic N) is 2. The highest BCUT2D eigenvalue weighted by Gasteiger charge is 2.09. The largest absolute Gasteiger partial charge is 0.478 e. The molecule has 2 aromatic rings. The number of rotatable bonds is 2. The molecule has 0 spiro atoms. The predicted octanol–water partition coefficient (Wildman–Crippen LogP) is 2.53. The fraction of sp³-hybridized carbons (Fsp3) is 0.0909. The lowest BCUT2D eigenvalue weighted by atomic mass is 10.2. The summed E-state index contributed by atoms with van der Waals surface area (Å²) in [7, 11) is 0. The third-order valence-corrected chi connectivity index (χ3v) is 2.48. The van der Waals surface area contributed by atoms with Gasteiger partial charge in [-0.2, -0.15) is 5.10 Å². The molecule has 1 aromatic carbocycles. The number of hydrogen-bond donors (Lipinski definition) is 1. The second kappa shape index (κ2) is 3.98. The van der Waals surface area contributed by atoms with Crippen molar-refractivity contribution in [1.29, 1.82) is 0 Å². The molecule has 0 saturated carbocycles. The maximum Gasteiger partial charge on any atom is 0.338 e. The van der Waals surface area contributed by atoms with E-state index in [9.17, 15) is 4.79 Å². The number of carbonyl (C=O) groups is 1. The Morgan fingerprint density at radius 3 is 2.81 bits per heavy atom. The van der Waals surface area contributed by atoms with Gasteiger partial charge in [0, 0.05) is 6.20 Å². The molecule has 0 radical (unpaired) electrons. The first-order chi connectivity index (χ1) is 7.58. The van der Waals surface area contributed by atoms with Gasteiger partial charge in [-0.15, -0.1) is 0 Å². The number of aromatic nitrogens is 2. The van der Waals surface area contributed by atoms with Crippen LogP contribution in [0, 0.1) is 6.92 Å². The zero-order valence-corrected chi connectivity index (χ0v) is 9.27. The predicted molar refractivity (Wildman–Crippen MR) is 60.3 cm³/mol. The van der Waals surface area contributed by atoms with E-state index in [0.717, 1.165) is 5.56 Å². The van der Waals surface area contributed by atoms with E-state index in [0.29, 0.717) is 10.7 Å². The van der Waals surface area contributed by atoms with Crippen LogP contribution in [0.15, 0.2) is 30.6 Å². The zero-order chi connectivity index (χ0) is 11.7. The average molecular weight is 237 g/mol. The Balaban J connectivity index is 2.46. The van der Waals surface area contributed by atoms with Crippen molar-refractivity contribution in [2.45, 2.75) is 6.92 Å². The molecule has 82 valence electrons. The van der Waals surface area contributed by atoms with Crippen LogP contribution >= 0.6 is 11.6 Å². The number of benzene rings is 1. The van der Waals surface area contributed by atoms with E-state index < -0.39 is 5.97 Å². The Morgan fingerprint density at radius 1 is 1.50 bits per heavy atom. The molecule has 0 aliphatic carbocycles. The molecular formula is C11H9ClN2O2. The maximum absolute atomic E-state index is 10.7. The molecule has 0 amide bonds. The number of carboxylic acids is 1. The van der Waals surface area contributed by atoms with E-state index >= 15 is 0 Å². The van der Waals surface area contributed by atoms with Gasteiger partial charge in [-0.3, -0.25) is 0 Å². The summed E-state index contributed by atoms with van der Waals surface area (Å²) in [5, 5.41) is 13.3. The number of hydrogen-bond acceptors (Lipinski definition) is 2. The van der Waals surface area contributed by atoms with Crippen LogP contribution in [0.2, 0.25) is 5.02 Å². The van der Waals surface area contributed by atoms with Crippen LogP contribution in [0.25, 0.3) is 5.69 Å². The van der Waals surface area contributed by atoms with Crippen LogP contribution in [-0.2, 0) is 0 Å². The first-order valence-electron chi connectivity index (χ1n) is 4.62. The molecule has 0 saturated heterocycles. The van der Waals surface area contributed by atoms with Gasteiger partial charge in [0.2, 0.25) is 0 Å². The Morgan fingerprint density at radius 2 is 2.25 bits per heavy atom. The van der Waals surface area contributed by atoms with Gasteiger partial charge >= 0.3 is 5.97 Å². The molecule has 0 bridgehead atoms. The van der Waals surface area contributed by atoms with Gasteiger partial charge in [0.25, 0.3) is 0 Å². The van der Waals surface area contributed by atoms with Gasteiger partial charge in [-0.05, 0) is 24.6 Å². The topological polar surface area (TPSA) is 55.1 Å². The van der Waals surface area contributed by atoms with Crippen molar-refractivity contribution in [2.75, 3.05) is 0 Å². The molecule has 5 heteroatoms. The van der Waals surface area contributed by atoms with E-state index in [4.69, 9.17) is 16.7 Å². The van der Waals surface area contributed by atoms with Gasteiger partial charge < -0.3 is 5.11 Å². The lowest BCUT2D eigenvalue weighted by molar-refractivity contribution is 0.0697. The molecule has 1 aromatic heterocycles. The number of halogens is 1. The van der Waals surface area contributed by atoms with Crippen LogP contribution in [0.3, 0.4) is 0 Å². The SMILES string of the molecule is Cc1ccc(-n2cc(C(=O)O)cn2)c(Cl)c1. The van der Waals surface area contributed by atoms with Crippen LogP contribution in [0.4, 0.5) is 0 Å². The van der Waals surface area contributed by atoms with Crippen molar-refractivity contribution in [3.05, 3.63) is 46.7 Å². The summed E-state index contributed by atoms with van der Waals surface area (Å²) in [4.78, 5) is 10.7. The monoisotopic (exact) mass is 236 g/mol. The quantitative estimate of drug-likeness (QED) is 0.872. The molecule has 0 fully saturated rings. The molecule has 1 heterocycles. The van der Waals surface area contributed by atoms with E-state index in [1.54, 1.807) is 12.1 Å². The zero-order valence-electron chi connectivity index (χ0n) is 8.51. The van der Waals surface area contributed by atoms with E-state index in [1.165, 1.54) is 17.1 Å². The van der Waals surface area contributed by atoms with Crippen LogP contribution in [0.1, 0.15) is 15.9 Å². The number of aryl methyl sites for hydroxylation is 1. The fourth-order valence-corrected chi connectivity index (χ4v) is 1.68. The molecule has 16 heavy (non-hydrogen) atoms. The molecule has 0 aliphatic rings. The molecule has 0 unspecified atom stereocenters. The van der Waals surface area contributed by atoms with Crippen molar-refractivity contribution < 1.29 is 9.90 Å². The average Bonchev–Trinajstić information content (AvgIpc) is 2.66. The van der Waals surface area contributed by atoms with Crippen LogP contribution in [0.5, 0.6) is 0 Å². The Hall–Kier alpha value is -1.81. The normalized spacial score (nSPS) is 10.4. The molecule has 4 nitrogen and oxygen atoms in total. The molecule has 0 atom stereocenters. The van der Waals surface area contributed by atoms with Gasteiger partial charge in [-0.25, -0.2) is 9.48 Å². The van der Waals surface area contributed by atoms with Crippen LogP contribution < -0.4 is 0 Å². The third kappa shape index (κ3) is 1.92. The minimum Gasteiger partial charge on any atom is -0.478 e. The summed E-state index contributed by atoms with van der Waals surface area (Å²) >= 11 is 6.04. The maximum atomic E-state index is 10.7. The van der Waals surface area contributed by atoms with Crippen LogP contribution in [-0.4, -0.2) is 20.9 Å². The van der Waals surface area contributed by atoms with Crippen molar-refractivity contribution >= 4 is 17.6 Å². The standard InChI is InChI=1S/C11H9ClN2O2/c1-7-2-3-10(9(12)4-7)14-6-8(5-13-14)11(15)16/h2-6H,1H3,(H,15,16). The highest BCUT2D eigenvalue weighted by molar-refractivity contribution is 6.32. The van der Waals surface area contributed by atoms with Gasteiger partial charge in [-0.1, -0.05) is 17.7 Å². The minimum atomic E-state index is -1.01. The first-order valence-corrected chi connectivity index (χ1v) is 5.00. The summed E-state index contributed by atoms with van der Waals surface area (Å²) in [5.41, 5.74) is 1.84. The summed E-state index contributed by atoms with van der Waals surface area (Å²) in [6.45, 7) is 1.93. The third-order valence-electron chi connectivity index (χ3n) is 2.18. The van der Waals surface area contributed by atoms with Crippen molar-refractivity contribution in [3.8, 4) is 5.69 Å². The van der Waals surface area contributed by atoms with Gasteiger partial charge in [0.15, 0.2) is 0 Å². The Kier molecular flexibility index (Phi) is 2.66. The lowest BCUT2D eigenvalue weighted by Crippen LogP contribution is -1.96. The Labute approximate surface area is 97.1 Å². The first kappa shape index (κ1) is 10.7. The summed E-state index contributed by atoms with van der Waals surface area (Å²) < 4.78 is 1.45. The number of carboxylic acid groups (broad SMARTS) is 1. The second-order valence-corrected chi connectivity index (χ2v) is 3.84. The fourth-order valence-electron chi connectivity index (χ4n) is 1.36. The summed E-state index contributed by atoms with van der Waals surface area (Å²) in [6.07, 6.45) is 2.72. The lowest BCUT2D eigenvalue weighted by Gasteiger charge is -2.04. The highest BCUT2D eigenvalue weighted by atomic mass is 35.5. The van der Waals surface area contributed by atoms with Crippen molar-refractivity contribution in [1.82, 2.24) is 9.78 Å². The summed E-state index contributed by atoms with van der Waals surface area (Å²) in [6, 6.07) is 5.50. The molecule has 1 N–H and O–H groups in total. The van der Waals surface area contributed by atoms with Gasteiger partial charge in [0.1, 0.15) is 0 Å². The minimum absolute atomic E-state index is 0.136. The van der Waals surface area contributed by atoms with Crippen molar-refractivity contribution in [2.24, 2.45) is 0 Å². The number of aromatic carboxylic acids is 1.